The molecule has 2 rings (SSSR count). The number of hydrogen-bond donors (Lipinski definition) is 0. The molecule has 5 heteroatoms. The van der Waals surface area contributed by atoms with Gasteiger partial charge in [0, 0.05) is 12.1 Å². The largest absolute Gasteiger partial charge is 0.244 e. The maximum Gasteiger partial charge on any atom is 0.244 e. The third kappa shape index (κ3) is 2.26. The lowest BCUT2D eigenvalue weighted by atomic mass is 10.2. The second-order valence-electron chi connectivity index (χ2n) is 4.77. The topological polar surface area (TPSA) is 61.2 Å². The van der Waals surface area contributed by atoms with Gasteiger partial charge in [-0.15, -0.1) is 0 Å². The van der Waals surface area contributed by atoms with Gasteiger partial charge in [0.25, 0.3) is 0 Å². The van der Waals surface area contributed by atoms with E-state index >= 15 is 0 Å². The van der Waals surface area contributed by atoms with E-state index in [0.29, 0.717) is 0 Å². The van der Waals surface area contributed by atoms with Crippen LogP contribution in [0.4, 0.5) is 0 Å². The van der Waals surface area contributed by atoms with Crippen LogP contribution < -0.4 is 0 Å². The number of benzene rings is 1. The Morgan fingerprint density at radius 1 is 1.33 bits per heavy atom. The van der Waals surface area contributed by atoms with Crippen LogP contribution in [0.2, 0.25) is 0 Å². The molecule has 0 amide bonds. The summed E-state index contributed by atoms with van der Waals surface area (Å²) in [5, 5.41) is 9.02. The minimum Gasteiger partial charge on any atom is -0.207 e. The van der Waals surface area contributed by atoms with E-state index in [1.54, 1.807) is 12.1 Å². The minimum atomic E-state index is -3.57. The summed E-state index contributed by atoms with van der Waals surface area (Å²) in [6, 6.07) is 8.33. The molecule has 0 aromatic heterocycles. The highest BCUT2D eigenvalue weighted by Gasteiger charge is 2.40. The molecule has 0 N–H and O–H groups in total. The fourth-order valence-electron chi connectivity index (χ4n) is 2.12. The van der Waals surface area contributed by atoms with E-state index in [-0.39, 0.29) is 22.5 Å². The van der Waals surface area contributed by atoms with E-state index < -0.39 is 10.0 Å². The van der Waals surface area contributed by atoms with Crippen molar-refractivity contribution in [2.45, 2.75) is 43.7 Å². The Morgan fingerprint density at radius 2 is 1.94 bits per heavy atom. The highest BCUT2D eigenvalue weighted by Crippen LogP contribution is 2.34. The van der Waals surface area contributed by atoms with Gasteiger partial charge in [-0.1, -0.05) is 12.1 Å². The highest BCUT2D eigenvalue weighted by atomic mass is 32.2. The van der Waals surface area contributed by atoms with Crippen molar-refractivity contribution in [2.24, 2.45) is 0 Å². The first-order valence-corrected chi connectivity index (χ1v) is 7.45. The summed E-state index contributed by atoms with van der Waals surface area (Å²) in [5.74, 6) is 0. The van der Waals surface area contributed by atoms with Crippen molar-refractivity contribution in [3.8, 4) is 6.07 Å². The number of sulfonamides is 1. The van der Waals surface area contributed by atoms with Gasteiger partial charge >= 0.3 is 0 Å². The maximum atomic E-state index is 12.6. The summed E-state index contributed by atoms with van der Waals surface area (Å²) >= 11 is 0. The Hall–Kier alpha value is -1.38. The van der Waals surface area contributed by atoms with Crippen LogP contribution in [0, 0.1) is 11.3 Å². The Labute approximate surface area is 108 Å². The monoisotopic (exact) mass is 264 g/mol. The average Bonchev–Trinajstić information content (AvgIpc) is 3.12. The van der Waals surface area contributed by atoms with E-state index in [4.69, 9.17) is 5.26 Å². The quantitative estimate of drug-likeness (QED) is 0.837. The first kappa shape index (κ1) is 13.1. The lowest BCUT2D eigenvalue weighted by Crippen LogP contribution is -2.39. The van der Waals surface area contributed by atoms with Crippen molar-refractivity contribution in [1.82, 2.24) is 4.31 Å². The van der Waals surface area contributed by atoms with Crippen LogP contribution in [-0.2, 0) is 10.0 Å². The van der Waals surface area contributed by atoms with Crippen LogP contribution in [0.25, 0.3) is 0 Å². The van der Waals surface area contributed by atoms with E-state index in [1.807, 2.05) is 19.9 Å². The third-order valence-electron chi connectivity index (χ3n) is 2.98. The van der Waals surface area contributed by atoms with Crippen LogP contribution >= 0.6 is 0 Å². The molecule has 0 aliphatic heterocycles. The van der Waals surface area contributed by atoms with Gasteiger partial charge in [-0.2, -0.15) is 9.57 Å². The third-order valence-corrected chi connectivity index (χ3v) is 5.17. The molecule has 1 fully saturated rings. The van der Waals surface area contributed by atoms with E-state index in [9.17, 15) is 8.42 Å². The Balaban J connectivity index is 2.50. The van der Waals surface area contributed by atoms with E-state index in [2.05, 4.69) is 0 Å². The zero-order valence-electron chi connectivity index (χ0n) is 10.5. The van der Waals surface area contributed by atoms with Crippen LogP contribution in [0.3, 0.4) is 0 Å². The molecule has 18 heavy (non-hydrogen) atoms. The Kier molecular flexibility index (Phi) is 3.42. The van der Waals surface area contributed by atoms with E-state index in [1.165, 1.54) is 16.4 Å². The number of nitriles is 1. The second kappa shape index (κ2) is 4.71. The van der Waals surface area contributed by atoms with Crippen molar-refractivity contribution < 1.29 is 8.42 Å². The molecule has 1 aliphatic carbocycles. The lowest BCUT2D eigenvalue weighted by molar-refractivity contribution is 0.346. The fraction of sp³-hybridized carbons (Fsp3) is 0.462. The summed E-state index contributed by atoms with van der Waals surface area (Å²) in [6.07, 6.45) is 1.82. The van der Waals surface area contributed by atoms with Gasteiger partial charge in [0.1, 0.15) is 6.07 Å². The Bertz CT molecular complexity index is 581. The predicted octanol–water partition coefficient (Wildman–Crippen LogP) is 2.12. The zero-order chi connectivity index (χ0) is 13.3. The Morgan fingerprint density at radius 3 is 2.44 bits per heavy atom. The van der Waals surface area contributed by atoms with Gasteiger partial charge in [-0.3, -0.25) is 0 Å². The normalized spacial score (nSPS) is 15.9. The van der Waals surface area contributed by atoms with Gasteiger partial charge in [0.05, 0.1) is 10.5 Å². The summed E-state index contributed by atoms with van der Waals surface area (Å²) in [5.41, 5.74) is 0.212. The summed E-state index contributed by atoms with van der Waals surface area (Å²) in [6.45, 7) is 3.73. The first-order chi connectivity index (χ1) is 8.48. The van der Waals surface area contributed by atoms with Crippen LogP contribution in [-0.4, -0.2) is 24.8 Å². The second-order valence-corrected chi connectivity index (χ2v) is 6.58. The van der Waals surface area contributed by atoms with E-state index in [0.717, 1.165) is 12.8 Å². The number of nitrogens with zero attached hydrogens (tertiary/aromatic N) is 2. The predicted molar refractivity (Wildman–Crippen MR) is 68.3 cm³/mol. The maximum absolute atomic E-state index is 12.6. The average molecular weight is 264 g/mol. The van der Waals surface area contributed by atoms with Crippen molar-refractivity contribution in [3.63, 3.8) is 0 Å². The molecular formula is C13H16N2O2S. The molecule has 0 radical (unpaired) electrons. The molecular weight excluding hydrogens is 248 g/mol. The van der Waals surface area contributed by atoms with Crippen LogP contribution in [0.5, 0.6) is 0 Å². The molecule has 0 unspecified atom stereocenters. The van der Waals surface area contributed by atoms with Crippen molar-refractivity contribution in [2.75, 3.05) is 0 Å². The van der Waals surface area contributed by atoms with Gasteiger partial charge in [0.15, 0.2) is 0 Å². The molecule has 1 aromatic rings. The molecule has 1 saturated carbocycles. The SMILES string of the molecule is CC(C)N(C1CC1)S(=O)(=O)c1ccccc1C#N. The summed E-state index contributed by atoms with van der Waals surface area (Å²) in [7, 11) is -3.57. The van der Waals surface area contributed by atoms with Gasteiger partial charge in [-0.25, -0.2) is 8.42 Å². The number of rotatable bonds is 4. The zero-order valence-corrected chi connectivity index (χ0v) is 11.3. The number of hydrogen-bond acceptors (Lipinski definition) is 3. The molecule has 96 valence electrons. The molecule has 0 saturated heterocycles. The van der Waals surface area contributed by atoms with Gasteiger partial charge in [0.2, 0.25) is 10.0 Å². The molecule has 0 atom stereocenters. The summed E-state index contributed by atoms with van der Waals surface area (Å²) in [4.78, 5) is 0.119. The molecule has 1 aromatic carbocycles. The van der Waals surface area contributed by atoms with Crippen LogP contribution in [0.1, 0.15) is 32.3 Å². The van der Waals surface area contributed by atoms with Crippen molar-refractivity contribution >= 4 is 10.0 Å². The fourth-order valence-corrected chi connectivity index (χ4v) is 4.15. The van der Waals surface area contributed by atoms with Crippen molar-refractivity contribution in [1.29, 1.82) is 5.26 Å². The van der Waals surface area contributed by atoms with Crippen molar-refractivity contribution in [3.05, 3.63) is 29.8 Å². The highest BCUT2D eigenvalue weighted by molar-refractivity contribution is 7.89. The standard InChI is InChI=1S/C13H16N2O2S/c1-10(2)15(12-7-8-12)18(16,17)13-6-4-3-5-11(13)9-14/h3-6,10,12H,7-8H2,1-2H3. The van der Waals surface area contributed by atoms with Crippen LogP contribution in [0.15, 0.2) is 29.2 Å². The van der Waals surface area contributed by atoms with Gasteiger partial charge < -0.3 is 0 Å². The molecule has 0 bridgehead atoms. The molecule has 4 nitrogen and oxygen atoms in total. The lowest BCUT2D eigenvalue weighted by Gasteiger charge is -2.26. The smallest absolute Gasteiger partial charge is 0.207 e. The first-order valence-electron chi connectivity index (χ1n) is 6.01. The molecule has 0 heterocycles. The minimum absolute atomic E-state index is 0.0887. The molecule has 1 aliphatic rings. The molecule has 0 spiro atoms. The summed E-state index contributed by atoms with van der Waals surface area (Å²) < 4.78 is 26.8. The van der Waals surface area contributed by atoms with Gasteiger partial charge in [-0.05, 0) is 38.8 Å².